The molecule has 7 nitrogen and oxygen atoms in total. The Balaban J connectivity index is 0. The van der Waals surface area contributed by atoms with E-state index >= 15 is 0 Å². The molecule has 94 valence electrons. The molecule has 0 radical (unpaired) electrons. The maximum atomic E-state index is 11.2. The molecule has 0 heterocycles. The first-order chi connectivity index (χ1) is 7.14. The fourth-order valence-electron chi connectivity index (χ4n) is 0.803. The summed E-state index contributed by atoms with van der Waals surface area (Å²) in [5.74, 6) is -3.08. The Morgan fingerprint density at radius 1 is 1.35 bits per heavy atom. The summed E-state index contributed by atoms with van der Waals surface area (Å²) in [5, 5.41) is 8.08. The predicted molar refractivity (Wildman–Crippen MR) is 50.8 cm³/mol. The largest absolute Gasteiger partial charge is 1.00 e. The number of carbonyl (C=O) groups excluding carboxylic acids is 2. The van der Waals surface area contributed by atoms with Crippen LogP contribution in [0.15, 0.2) is 0 Å². The first kappa shape index (κ1) is 19.2. The molecule has 0 saturated heterocycles. The van der Waals surface area contributed by atoms with E-state index in [-0.39, 0.29) is 42.1 Å². The molecule has 0 spiro atoms. The third-order valence-corrected chi connectivity index (χ3v) is 2.61. The molecule has 0 aliphatic rings. The number of aliphatic carboxylic acids is 1. The fourth-order valence-corrected chi connectivity index (χ4v) is 1.46. The Hall–Kier alpha value is -0.150. The average Bonchev–Trinajstić information content (AvgIpc) is 2.08. The molecule has 1 N–H and O–H groups in total. The molecule has 0 aromatic rings. The minimum absolute atomic E-state index is 0. The van der Waals surface area contributed by atoms with E-state index in [2.05, 4.69) is 4.74 Å². The van der Waals surface area contributed by atoms with Gasteiger partial charge in [0.2, 0.25) is 0 Å². The summed E-state index contributed by atoms with van der Waals surface area (Å²) in [6, 6.07) is 0. The van der Waals surface area contributed by atoms with Crippen molar-refractivity contribution in [2.75, 3.05) is 6.61 Å². The van der Waals surface area contributed by atoms with Gasteiger partial charge in [-0.25, -0.2) is 0 Å². The quantitative estimate of drug-likeness (QED) is 0.295. The maximum absolute atomic E-state index is 11.2. The molecule has 1 unspecified atom stereocenters. The SMILES string of the molecule is CC(C)COC(=O)C(CC(=O)[O-])S(=O)(=O)O.[Na+]. The Bertz CT molecular complexity index is 362. The Kier molecular flexibility index (Phi) is 9.08. The summed E-state index contributed by atoms with van der Waals surface area (Å²) in [5.41, 5.74) is 0. The number of rotatable bonds is 6. The van der Waals surface area contributed by atoms with Crippen LogP contribution in [0.1, 0.15) is 20.3 Å². The number of esters is 1. The number of carboxylic acid groups (broad SMARTS) is 1. The standard InChI is InChI=1S/C8H14O7S.Na/c1-5(2)4-15-8(11)6(3-7(9)10)16(12,13)14;/h5-6H,3-4H2,1-2H3,(H,9,10)(H,12,13,14);/q;+1/p-1. The van der Waals surface area contributed by atoms with Crippen LogP contribution in [0.2, 0.25) is 0 Å². The Labute approximate surface area is 122 Å². The van der Waals surface area contributed by atoms with Crippen molar-refractivity contribution in [3.63, 3.8) is 0 Å². The smallest absolute Gasteiger partial charge is 0.550 e. The Morgan fingerprint density at radius 2 is 1.82 bits per heavy atom. The average molecular weight is 276 g/mol. The van der Waals surface area contributed by atoms with Gasteiger partial charge < -0.3 is 14.6 Å². The normalized spacial score (nSPS) is 12.7. The van der Waals surface area contributed by atoms with Gasteiger partial charge in [-0.3, -0.25) is 9.35 Å². The summed E-state index contributed by atoms with van der Waals surface area (Å²) in [6.45, 7) is 3.38. The Morgan fingerprint density at radius 3 is 2.12 bits per heavy atom. The summed E-state index contributed by atoms with van der Waals surface area (Å²) in [7, 11) is -4.80. The van der Waals surface area contributed by atoms with Crippen LogP contribution in [-0.2, 0) is 24.4 Å². The van der Waals surface area contributed by atoms with Gasteiger partial charge in [0.1, 0.15) is 0 Å². The van der Waals surface area contributed by atoms with Crippen molar-refractivity contribution in [3.8, 4) is 0 Å². The van der Waals surface area contributed by atoms with Gasteiger partial charge in [0.25, 0.3) is 10.1 Å². The van der Waals surface area contributed by atoms with Crippen molar-refractivity contribution in [2.45, 2.75) is 25.5 Å². The third-order valence-electron chi connectivity index (χ3n) is 1.53. The van der Waals surface area contributed by atoms with Crippen LogP contribution in [0.4, 0.5) is 0 Å². The molecule has 17 heavy (non-hydrogen) atoms. The molecule has 9 heteroatoms. The van der Waals surface area contributed by atoms with Crippen LogP contribution in [0.3, 0.4) is 0 Å². The number of ether oxygens (including phenoxy) is 1. The van der Waals surface area contributed by atoms with Gasteiger partial charge in [0.15, 0.2) is 5.25 Å². The number of hydrogen-bond donors (Lipinski definition) is 1. The van der Waals surface area contributed by atoms with E-state index in [1.54, 1.807) is 13.8 Å². The second-order valence-corrected chi connectivity index (χ2v) is 5.20. The van der Waals surface area contributed by atoms with Crippen molar-refractivity contribution in [1.82, 2.24) is 0 Å². The molecular formula is C8H13NaO7S. The molecule has 1 atom stereocenters. The zero-order valence-electron chi connectivity index (χ0n) is 9.87. The van der Waals surface area contributed by atoms with Crippen molar-refractivity contribution >= 4 is 22.1 Å². The first-order valence-electron chi connectivity index (χ1n) is 4.47. The van der Waals surface area contributed by atoms with Crippen molar-refractivity contribution in [3.05, 3.63) is 0 Å². The zero-order valence-corrected chi connectivity index (χ0v) is 12.7. The van der Waals surface area contributed by atoms with Crippen molar-refractivity contribution in [1.29, 1.82) is 0 Å². The van der Waals surface area contributed by atoms with E-state index in [9.17, 15) is 23.1 Å². The van der Waals surface area contributed by atoms with Crippen LogP contribution in [0.25, 0.3) is 0 Å². The van der Waals surface area contributed by atoms with Gasteiger partial charge in [0.05, 0.1) is 6.61 Å². The van der Waals surface area contributed by atoms with Crippen LogP contribution in [-0.4, -0.2) is 36.8 Å². The number of carboxylic acids is 1. The topological polar surface area (TPSA) is 121 Å². The summed E-state index contributed by atoms with van der Waals surface area (Å²) < 4.78 is 34.6. The third kappa shape index (κ3) is 8.56. The predicted octanol–water partition coefficient (Wildman–Crippen LogP) is -4.41. The molecular weight excluding hydrogens is 263 g/mol. The minimum atomic E-state index is -4.80. The van der Waals surface area contributed by atoms with E-state index in [0.717, 1.165) is 0 Å². The molecule has 0 aliphatic heterocycles. The van der Waals surface area contributed by atoms with Crippen molar-refractivity contribution in [2.24, 2.45) is 5.92 Å². The molecule has 0 saturated carbocycles. The minimum Gasteiger partial charge on any atom is -0.550 e. The second kappa shape index (κ2) is 8.04. The summed E-state index contributed by atoms with van der Waals surface area (Å²) in [4.78, 5) is 21.4. The van der Waals surface area contributed by atoms with E-state index in [0.29, 0.717) is 0 Å². The maximum Gasteiger partial charge on any atom is 1.00 e. The van der Waals surface area contributed by atoms with Crippen LogP contribution in [0.5, 0.6) is 0 Å². The van der Waals surface area contributed by atoms with Gasteiger partial charge in [-0.15, -0.1) is 0 Å². The van der Waals surface area contributed by atoms with Gasteiger partial charge in [-0.2, -0.15) is 8.42 Å². The summed E-state index contributed by atoms with van der Waals surface area (Å²) in [6.07, 6.45) is -1.13. The van der Waals surface area contributed by atoms with E-state index in [1.165, 1.54) is 0 Å². The van der Waals surface area contributed by atoms with E-state index in [1.807, 2.05) is 0 Å². The van der Waals surface area contributed by atoms with Gasteiger partial charge in [-0.05, 0) is 5.92 Å². The molecule has 0 aromatic carbocycles. The van der Waals surface area contributed by atoms with E-state index < -0.39 is 33.7 Å². The molecule has 0 aliphatic carbocycles. The first-order valence-corrected chi connectivity index (χ1v) is 5.97. The molecule has 0 fully saturated rings. The van der Waals surface area contributed by atoms with Crippen LogP contribution in [0, 0.1) is 5.92 Å². The molecule has 0 aromatic heterocycles. The van der Waals surface area contributed by atoms with Gasteiger partial charge in [0, 0.05) is 12.4 Å². The number of carbonyl (C=O) groups is 2. The van der Waals surface area contributed by atoms with Crippen LogP contribution < -0.4 is 34.7 Å². The zero-order chi connectivity index (χ0) is 12.9. The van der Waals surface area contributed by atoms with Gasteiger partial charge >= 0.3 is 35.5 Å². The van der Waals surface area contributed by atoms with Gasteiger partial charge in [-0.1, -0.05) is 13.8 Å². The van der Waals surface area contributed by atoms with Crippen LogP contribution >= 0.6 is 0 Å². The molecule has 0 amide bonds. The fraction of sp³-hybridized carbons (Fsp3) is 0.750. The number of hydrogen-bond acceptors (Lipinski definition) is 6. The van der Waals surface area contributed by atoms with E-state index in [4.69, 9.17) is 4.55 Å². The summed E-state index contributed by atoms with van der Waals surface area (Å²) >= 11 is 0. The molecule has 0 rings (SSSR count). The van der Waals surface area contributed by atoms with Crippen molar-refractivity contribution < 1.29 is 62.0 Å². The molecule has 0 bridgehead atoms. The second-order valence-electron chi connectivity index (χ2n) is 3.60. The monoisotopic (exact) mass is 276 g/mol.